The van der Waals surface area contributed by atoms with Gasteiger partial charge in [0.25, 0.3) is 0 Å². The summed E-state index contributed by atoms with van der Waals surface area (Å²) < 4.78 is 19.5. The molecule has 1 amide bonds. The first-order chi connectivity index (χ1) is 9.11. The molecule has 2 rings (SSSR count). The number of amides is 1. The maximum atomic E-state index is 13.8. The highest BCUT2D eigenvalue weighted by atomic mass is 19.1. The van der Waals surface area contributed by atoms with E-state index in [-0.39, 0.29) is 18.3 Å². The summed E-state index contributed by atoms with van der Waals surface area (Å²) in [5.74, 6) is -0.725. The average Bonchev–Trinajstić information content (AvgIpc) is 2.84. The summed E-state index contributed by atoms with van der Waals surface area (Å²) in [6.45, 7) is 0.805. The van der Waals surface area contributed by atoms with Crippen molar-refractivity contribution in [2.45, 2.75) is 32.0 Å². The molecule has 0 bridgehead atoms. The molecule has 1 aromatic rings. The molecule has 4 N–H and O–H groups in total. The molecule has 0 radical (unpaired) electrons. The summed E-state index contributed by atoms with van der Waals surface area (Å²) in [4.78, 5) is 10.9. The van der Waals surface area contributed by atoms with Crippen LogP contribution in [0.15, 0.2) is 18.2 Å². The van der Waals surface area contributed by atoms with Gasteiger partial charge in [-0.15, -0.1) is 0 Å². The first-order valence-corrected chi connectivity index (χ1v) is 6.51. The quantitative estimate of drug-likeness (QED) is 0.849. The molecular weight excluding hydrogens is 247 g/mol. The lowest BCUT2D eigenvalue weighted by Gasteiger charge is -2.18. The lowest BCUT2D eigenvalue weighted by molar-refractivity contribution is 0.0169. The number of ether oxygens (including phenoxy) is 1. The average molecular weight is 266 g/mol. The second kappa shape index (κ2) is 6.12. The Hall–Kier alpha value is -1.46. The zero-order chi connectivity index (χ0) is 13.8. The van der Waals surface area contributed by atoms with Gasteiger partial charge >= 0.3 is 0 Å². The molecular formula is C14H19FN2O2. The van der Waals surface area contributed by atoms with E-state index in [1.165, 1.54) is 6.07 Å². The van der Waals surface area contributed by atoms with Crippen LogP contribution in [0.5, 0.6) is 0 Å². The summed E-state index contributed by atoms with van der Waals surface area (Å²) in [5, 5.41) is 0. The van der Waals surface area contributed by atoms with Crippen LogP contribution in [0.25, 0.3) is 0 Å². The van der Waals surface area contributed by atoms with Crippen molar-refractivity contribution in [3.63, 3.8) is 0 Å². The van der Waals surface area contributed by atoms with Gasteiger partial charge in [-0.05, 0) is 37.4 Å². The molecule has 5 heteroatoms. The molecule has 1 aliphatic rings. The van der Waals surface area contributed by atoms with Crippen LogP contribution in [-0.2, 0) is 11.3 Å². The maximum absolute atomic E-state index is 13.8. The fourth-order valence-corrected chi connectivity index (χ4v) is 2.51. The Bertz CT molecular complexity index is 465. The topological polar surface area (TPSA) is 78.3 Å². The van der Waals surface area contributed by atoms with Crippen molar-refractivity contribution in [3.05, 3.63) is 35.1 Å². The second-order valence-electron chi connectivity index (χ2n) is 4.95. The summed E-state index contributed by atoms with van der Waals surface area (Å²) in [6.07, 6.45) is 3.27. The van der Waals surface area contributed by atoms with Gasteiger partial charge in [-0.25, -0.2) is 4.39 Å². The first kappa shape index (κ1) is 14.0. The first-order valence-electron chi connectivity index (χ1n) is 6.51. The van der Waals surface area contributed by atoms with E-state index in [2.05, 4.69) is 0 Å². The second-order valence-corrected chi connectivity index (χ2v) is 4.95. The lowest BCUT2D eigenvalue weighted by Crippen LogP contribution is -2.25. The molecule has 4 nitrogen and oxygen atoms in total. The molecule has 0 saturated heterocycles. The van der Waals surface area contributed by atoms with Crippen LogP contribution in [-0.4, -0.2) is 18.6 Å². The molecule has 0 heterocycles. The van der Waals surface area contributed by atoms with Crippen LogP contribution in [0.4, 0.5) is 4.39 Å². The maximum Gasteiger partial charge on any atom is 0.248 e. The molecule has 2 atom stereocenters. The zero-order valence-corrected chi connectivity index (χ0v) is 10.8. The van der Waals surface area contributed by atoms with Crippen LogP contribution in [0.1, 0.15) is 35.2 Å². The van der Waals surface area contributed by atoms with Gasteiger partial charge < -0.3 is 16.2 Å². The van der Waals surface area contributed by atoms with Crippen molar-refractivity contribution in [2.75, 3.05) is 6.54 Å². The van der Waals surface area contributed by atoms with Crippen LogP contribution < -0.4 is 11.5 Å². The molecule has 1 saturated carbocycles. The van der Waals surface area contributed by atoms with Crippen LogP contribution in [0.3, 0.4) is 0 Å². The molecule has 2 unspecified atom stereocenters. The van der Waals surface area contributed by atoms with Gasteiger partial charge in [-0.3, -0.25) is 4.79 Å². The number of carbonyl (C=O) groups is 1. The summed E-state index contributed by atoms with van der Waals surface area (Å²) in [5.41, 5.74) is 11.4. The monoisotopic (exact) mass is 266 g/mol. The van der Waals surface area contributed by atoms with Gasteiger partial charge in [-0.2, -0.15) is 0 Å². The largest absolute Gasteiger partial charge is 0.373 e. The Kier molecular flexibility index (Phi) is 4.50. The molecule has 1 aromatic carbocycles. The Morgan fingerprint density at radius 1 is 1.42 bits per heavy atom. The molecule has 0 aliphatic heterocycles. The minimum absolute atomic E-state index is 0.111. The zero-order valence-electron chi connectivity index (χ0n) is 10.8. The van der Waals surface area contributed by atoms with Gasteiger partial charge in [0.1, 0.15) is 5.82 Å². The van der Waals surface area contributed by atoms with E-state index in [4.69, 9.17) is 16.2 Å². The Morgan fingerprint density at radius 2 is 2.21 bits per heavy atom. The Labute approximate surface area is 111 Å². The fraction of sp³-hybridized carbons (Fsp3) is 0.500. The van der Waals surface area contributed by atoms with E-state index in [1.54, 1.807) is 6.07 Å². The molecule has 104 valence electrons. The van der Waals surface area contributed by atoms with Gasteiger partial charge in [0.05, 0.1) is 12.7 Å². The van der Waals surface area contributed by atoms with E-state index >= 15 is 0 Å². The van der Waals surface area contributed by atoms with E-state index in [1.807, 2.05) is 0 Å². The highest BCUT2D eigenvalue weighted by Gasteiger charge is 2.26. The Morgan fingerprint density at radius 3 is 2.84 bits per heavy atom. The fourth-order valence-electron chi connectivity index (χ4n) is 2.51. The number of carbonyl (C=O) groups excluding carboxylic acids is 1. The van der Waals surface area contributed by atoms with Crippen molar-refractivity contribution < 1.29 is 13.9 Å². The number of halogens is 1. The van der Waals surface area contributed by atoms with Crippen LogP contribution >= 0.6 is 0 Å². The van der Waals surface area contributed by atoms with Crippen molar-refractivity contribution in [1.82, 2.24) is 0 Å². The van der Waals surface area contributed by atoms with Crippen LogP contribution in [0, 0.1) is 11.7 Å². The molecule has 0 spiro atoms. The predicted molar refractivity (Wildman–Crippen MR) is 69.9 cm³/mol. The van der Waals surface area contributed by atoms with Gasteiger partial charge in [0.2, 0.25) is 5.91 Å². The van der Waals surface area contributed by atoms with E-state index < -0.39 is 11.7 Å². The minimum Gasteiger partial charge on any atom is -0.373 e. The van der Waals surface area contributed by atoms with Crippen molar-refractivity contribution in [2.24, 2.45) is 17.4 Å². The van der Waals surface area contributed by atoms with Gasteiger partial charge in [0.15, 0.2) is 0 Å². The SMILES string of the molecule is NCC1CCCC1OCc1ccc(C(N)=O)cc1F. The number of hydrogen-bond acceptors (Lipinski definition) is 3. The molecule has 19 heavy (non-hydrogen) atoms. The standard InChI is InChI=1S/C14H19FN2O2/c15-12-6-9(14(17)18)4-5-11(12)8-19-13-3-1-2-10(13)7-16/h4-6,10,13H,1-3,7-8,16H2,(H2,17,18). The van der Waals surface area contributed by atoms with E-state index in [9.17, 15) is 9.18 Å². The lowest BCUT2D eigenvalue weighted by atomic mass is 10.1. The van der Waals surface area contributed by atoms with Crippen molar-refractivity contribution >= 4 is 5.91 Å². The number of nitrogens with two attached hydrogens (primary N) is 2. The number of primary amides is 1. The predicted octanol–water partition coefficient (Wildman–Crippen LogP) is 1.57. The molecule has 1 aliphatic carbocycles. The summed E-state index contributed by atoms with van der Waals surface area (Å²) in [6, 6.07) is 4.21. The highest BCUT2D eigenvalue weighted by molar-refractivity contribution is 5.92. The van der Waals surface area contributed by atoms with Crippen molar-refractivity contribution in [3.8, 4) is 0 Å². The summed E-state index contributed by atoms with van der Waals surface area (Å²) in [7, 11) is 0. The third-order valence-electron chi connectivity index (χ3n) is 3.68. The molecule has 0 aromatic heterocycles. The third kappa shape index (κ3) is 3.30. The third-order valence-corrected chi connectivity index (χ3v) is 3.68. The molecule has 1 fully saturated rings. The number of hydrogen-bond donors (Lipinski definition) is 2. The highest BCUT2D eigenvalue weighted by Crippen LogP contribution is 2.28. The van der Waals surface area contributed by atoms with Crippen molar-refractivity contribution in [1.29, 1.82) is 0 Å². The van der Waals surface area contributed by atoms with E-state index in [0.717, 1.165) is 25.3 Å². The van der Waals surface area contributed by atoms with E-state index in [0.29, 0.717) is 18.0 Å². The van der Waals surface area contributed by atoms with Gasteiger partial charge in [-0.1, -0.05) is 12.5 Å². The Balaban J connectivity index is 1.98. The minimum atomic E-state index is -0.634. The summed E-state index contributed by atoms with van der Waals surface area (Å²) >= 11 is 0. The van der Waals surface area contributed by atoms with Gasteiger partial charge in [0, 0.05) is 11.1 Å². The van der Waals surface area contributed by atoms with Crippen LogP contribution in [0.2, 0.25) is 0 Å². The number of benzene rings is 1. The normalized spacial score (nSPS) is 22.6. The number of rotatable bonds is 5. The smallest absolute Gasteiger partial charge is 0.248 e.